The summed E-state index contributed by atoms with van der Waals surface area (Å²) in [6, 6.07) is 15.1. The van der Waals surface area contributed by atoms with E-state index in [1.54, 1.807) is 0 Å². The minimum absolute atomic E-state index is 0.00326. The van der Waals surface area contributed by atoms with Crippen molar-refractivity contribution in [1.29, 1.82) is 0 Å². The molecule has 2 aromatic heterocycles. The molecule has 2 aromatic carbocycles. The molecule has 0 saturated carbocycles. The number of aromatic nitrogens is 2. The first-order chi connectivity index (χ1) is 13.4. The summed E-state index contributed by atoms with van der Waals surface area (Å²) in [4.78, 5) is 19.7. The third-order valence-corrected chi connectivity index (χ3v) is 4.16. The number of amides is 1. The molecule has 1 amide bonds. The van der Waals surface area contributed by atoms with Crippen molar-refractivity contribution in [3.05, 3.63) is 77.8 Å². The number of H-pyrrole nitrogens is 1. The first-order valence-corrected chi connectivity index (χ1v) is 8.39. The monoisotopic (exact) mass is 385 g/mol. The van der Waals surface area contributed by atoms with Crippen LogP contribution in [0.2, 0.25) is 0 Å². The van der Waals surface area contributed by atoms with Gasteiger partial charge in [0.1, 0.15) is 11.6 Å². The molecule has 0 spiro atoms. The first kappa shape index (κ1) is 17.8. The fraction of sp³-hybridized carbons (Fsp3) is 0.100. The smallest absolute Gasteiger partial charge is 0.416 e. The SMILES string of the molecule is O=C(NCc1nc2ccccc2[nH]1)c1ccc(-c2cccc(C(F)(F)F)c2)o1. The van der Waals surface area contributed by atoms with Crippen molar-refractivity contribution in [2.75, 3.05) is 0 Å². The molecule has 4 rings (SSSR count). The maximum atomic E-state index is 12.9. The second-order valence-electron chi connectivity index (χ2n) is 6.13. The van der Waals surface area contributed by atoms with Gasteiger partial charge in [-0.25, -0.2) is 4.98 Å². The number of para-hydroxylation sites is 2. The van der Waals surface area contributed by atoms with Crippen LogP contribution >= 0.6 is 0 Å². The van der Waals surface area contributed by atoms with Crippen LogP contribution in [0.4, 0.5) is 13.2 Å². The maximum absolute atomic E-state index is 12.9. The molecule has 0 bridgehead atoms. The Balaban J connectivity index is 1.47. The predicted octanol–water partition coefficient (Wildman–Crippen LogP) is 4.77. The maximum Gasteiger partial charge on any atom is 0.416 e. The van der Waals surface area contributed by atoms with Gasteiger partial charge in [-0.15, -0.1) is 0 Å². The van der Waals surface area contributed by atoms with E-state index >= 15 is 0 Å². The number of carbonyl (C=O) groups is 1. The van der Waals surface area contributed by atoms with Gasteiger partial charge in [-0.3, -0.25) is 4.79 Å². The number of halogens is 3. The topological polar surface area (TPSA) is 70.9 Å². The van der Waals surface area contributed by atoms with E-state index in [0.717, 1.165) is 23.2 Å². The van der Waals surface area contributed by atoms with Crippen molar-refractivity contribution in [1.82, 2.24) is 15.3 Å². The Labute approximate surface area is 157 Å². The largest absolute Gasteiger partial charge is 0.451 e. The summed E-state index contributed by atoms with van der Waals surface area (Å²) >= 11 is 0. The molecule has 2 N–H and O–H groups in total. The van der Waals surface area contributed by atoms with Crippen LogP contribution in [0.15, 0.2) is 65.1 Å². The molecule has 5 nitrogen and oxygen atoms in total. The van der Waals surface area contributed by atoms with Gasteiger partial charge in [0.05, 0.1) is 23.1 Å². The van der Waals surface area contributed by atoms with Gasteiger partial charge >= 0.3 is 6.18 Å². The highest BCUT2D eigenvalue weighted by Crippen LogP contribution is 2.32. The standard InChI is InChI=1S/C20H14F3N3O2/c21-20(22,23)13-5-3-4-12(10-13)16-8-9-17(28-16)19(27)24-11-18-25-14-6-1-2-7-15(14)26-18/h1-10H,11H2,(H,24,27)(H,25,26). The summed E-state index contributed by atoms with van der Waals surface area (Å²) in [5.41, 5.74) is 1.11. The summed E-state index contributed by atoms with van der Waals surface area (Å²) in [6.45, 7) is 0.160. The molecule has 0 unspecified atom stereocenters. The molecule has 0 aliphatic heterocycles. The van der Waals surface area contributed by atoms with Crippen molar-refractivity contribution in [3.63, 3.8) is 0 Å². The van der Waals surface area contributed by atoms with Gasteiger partial charge in [0.15, 0.2) is 5.76 Å². The van der Waals surface area contributed by atoms with E-state index in [9.17, 15) is 18.0 Å². The highest BCUT2D eigenvalue weighted by Gasteiger charge is 2.30. The van der Waals surface area contributed by atoms with Crippen molar-refractivity contribution in [2.45, 2.75) is 12.7 Å². The predicted molar refractivity (Wildman–Crippen MR) is 96.4 cm³/mol. The number of nitrogens with one attached hydrogen (secondary N) is 2. The lowest BCUT2D eigenvalue weighted by atomic mass is 10.1. The number of hydrogen-bond donors (Lipinski definition) is 2. The Morgan fingerprint density at radius 1 is 1.07 bits per heavy atom. The molecule has 2 heterocycles. The van der Waals surface area contributed by atoms with Gasteiger partial charge in [0.25, 0.3) is 5.91 Å². The molecule has 0 atom stereocenters. The lowest BCUT2D eigenvalue weighted by Crippen LogP contribution is -2.22. The molecule has 0 fully saturated rings. The van der Waals surface area contributed by atoms with Crippen molar-refractivity contribution >= 4 is 16.9 Å². The van der Waals surface area contributed by atoms with Gasteiger partial charge in [0, 0.05) is 5.56 Å². The van der Waals surface area contributed by atoms with Crippen molar-refractivity contribution in [2.24, 2.45) is 0 Å². The highest BCUT2D eigenvalue weighted by molar-refractivity contribution is 5.92. The minimum Gasteiger partial charge on any atom is -0.451 e. The number of alkyl halides is 3. The number of hydrogen-bond acceptors (Lipinski definition) is 3. The Hall–Kier alpha value is -3.55. The number of benzene rings is 2. The third kappa shape index (κ3) is 3.62. The molecule has 0 aliphatic carbocycles. The summed E-state index contributed by atoms with van der Waals surface area (Å²) < 4.78 is 44.0. The number of rotatable bonds is 4. The number of furan rings is 1. The van der Waals surface area contributed by atoms with E-state index in [1.165, 1.54) is 24.3 Å². The van der Waals surface area contributed by atoms with Gasteiger partial charge in [-0.1, -0.05) is 24.3 Å². The van der Waals surface area contributed by atoms with Gasteiger partial charge < -0.3 is 14.7 Å². The van der Waals surface area contributed by atoms with Crippen molar-refractivity contribution in [3.8, 4) is 11.3 Å². The molecule has 0 aliphatic rings. The summed E-state index contributed by atoms with van der Waals surface area (Å²) in [7, 11) is 0. The fourth-order valence-corrected chi connectivity index (χ4v) is 2.80. The van der Waals surface area contributed by atoms with Crippen molar-refractivity contribution < 1.29 is 22.4 Å². The van der Waals surface area contributed by atoms with Crippen LogP contribution < -0.4 is 5.32 Å². The van der Waals surface area contributed by atoms with E-state index in [2.05, 4.69) is 15.3 Å². The van der Waals surface area contributed by atoms with Crippen LogP contribution in [0.25, 0.3) is 22.4 Å². The zero-order chi connectivity index (χ0) is 19.7. The molecule has 0 saturated heterocycles. The van der Waals surface area contributed by atoms with Crippen LogP contribution in [-0.4, -0.2) is 15.9 Å². The average molecular weight is 385 g/mol. The van der Waals surface area contributed by atoms with Crippen LogP contribution in [-0.2, 0) is 12.7 Å². The molecule has 8 heteroatoms. The number of nitrogens with zero attached hydrogens (tertiary/aromatic N) is 1. The lowest BCUT2D eigenvalue weighted by Gasteiger charge is -2.07. The van der Waals surface area contributed by atoms with Crippen LogP contribution in [0.1, 0.15) is 21.9 Å². The van der Waals surface area contributed by atoms with Gasteiger partial charge in [-0.05, 0) is 36.4 Å². The van der Waals surface area contributed by atoms with E-state index in [-0.39, 0.29) is 23.6 Å². The summed E-state index contributed by atoms with van der Waals surface area (Å²) in [6.07, 6.45) is -4.45. The number of imidazole rings is 1. The fourth-order valence-electron chi connectivity index (χ4n) is 2.80. The number of aromatic amines is 1. The zero-order valence-electron chi connectivity index (χ0n) is 14.4. The highest BCUT2D eigenvalue weighted by atomic mass is 19.4. The Morgan fingerprint density at radius 3 is 2.68 bits per heavy atom. The van der Waals surface area contributed by atoms with Crippen LogP contribution in [0.5, 0.6) is 0 Å². The van der Waals surface area contributed by atoms with Gasteiger partial charge in [0.2, 0.25) is 0 Å². The quantitative estimate of drug-likeness (QED) is 0.532. The van der Waals surface area contributed by atoms with E-state index in [1.807, 2.05) is 24.3 Å². The minimum atomic E-state index is -4.45. The summed E-state index contributed by atoms with van der Waals surface area (Å²) in [5, 5.41) is 2.67. The Kier molecular flexibility index (Phi) is 4.38. The second kappa shape index (κ2) is 6.88. The van der Waals surface area contributed by atoms with E-state index in [0.29, 0.717) is 5.82 Å². The molecule has 28 heavy (non-hydrogen) atoms. The lowest BCUT2D eigenvalue weighted by molar-refractivity contribution is -0.137. The molecule has 0 radical (unpaired) electrons. The number of carbonyl (C=O) groups excluding carboxylic acids is 1. The molecular weight excluding hydrogens is 371 g/mol. The van der Waals surface area contributed by atoms with Crippen LogP contribution in [0, 0.1) is 0 Å². The molecule has 142 valence electrons. The zero-order valence-corrected chi connectivity index (χ0v) is 14.4. The molecule has 4 aromatic rings. The van der Waals surface area contributed by atoms with E-state index < -0.39 is 17.6 Å². The molecular formula is C20H14F3N3O2. The normalized spacial score (nSPS) is 11.7. The Bertz CT molecular complexity index is 1110. The summed E-state index contributed by atoms with van der Waals surface area (Å²) in [5.74, 6) is 0.279. The van der Waals surface area contributed by atoms with E-state index in [4.69, 9.17) is 4.42 Å². The number of fused-ring (bicyclic) bond motifs is 1. The first-order valence-electron chi connectivity index (χ1n) is 8.39. The Morgan fingerprint density at radius 2 is 1.89 bits per heavy atom. The van der Waals surface area contributed by atoms with Crippen LogP contribution in [0.3, 0.4) is 0 Å². The van der Waals surface area contributed by atoms with Gasteiger partial charge in [-0.2, -0.15) is 13.2 Å². The third-order valence-electron chi connectivity index (χ3n) is 4.16. The second-order valence-corrected chi connectivity index (χ2v) is 6.13. The average Bonchev–Trinajstić information content (AvgIpc) is 3.32.